The summed E-state index contributed by atoms with van der Waals surface area (Å²) in [5.74, 6) is 0.268. The molecule has 0 saturated heterocycles. The van der Waals surface area contributed by atoms with Gasteiger partial charge >= 0.3 is 0 Å². The number of nitrogens with zero attached hydrogens (tertiary/aromatic N) is 1. The molecular formula is C20H22FNO3. The minimum absolute atomic E-state index is 0.240. The summed E-state index contributed by atoms with van der Waals surface area (Å²) >= 11 is 0. The van der Waals surface area contributed by atoms with Crippen LogP contribution in [0.1, 0.15) is 15.9 Å². The number of hydrogen-bond donors (Lipinski definition) is 0. The van der Waals surface area contributed by atoms with Crippen molar-refractivity contribution >= 4 is 11.9 Å². The monoisotopic (exact) mass is 343 g/mol. The second-order valence-electron chi connectivity index (χ2n) is 5.73. The lowest BCUT2D eigenvalue weighted by atomic mass is 10.1. The second kappa shape index (κ2) is 8.99. The number of ether oxygens (including phenoxy) is 2. The molecule has 0 saturated carbocycles. The van der Waals surface area contributed by atoms with Crippen molar-refractivity contribution in [1.29, 1.82) is 0 Å². The third kappa shape index (κ3) is 5.43. The normalized spacial score (nSPS) is 11.1. The van der Waals surface area contributed by atoms with Crippen LogP contribution >= 0.6 is 0 Å². The molecule has 132 valence electrons. The van der Waals surface area contributed by atoms with Gasteiger partial charge in [-0.05, 0) is 50.5 Å². The van der Waals surface area contributed by atoms with E-state index in [1.807, 2.05) is 25.1 Å². The van der Waals surface area contributed by atoms with Crippen LogP contribution in [0.3, 0.4) is 0 Å². The molecule has 0 N–H and O–H groups in total. The number of hydrogen-bond acceptors (Lipinski definition) is 4. The molecule has 5 heteroatoms. The highest BCUT2D eigenvalue weighted by atomic mass is 19.1. The molecule has 0 atom stereocenters. The molecule has 2 rings (SSSR count). The van der Waals surface area contributed by atoms with Crippen molar-refractivity contribution < 1.29 is 18.7 Å². The summed E-state index contributed by atoms with van der Waals surface area (Å²) in [6.45, 7) is 1.23. The summed E-state index contributed by atoms with van der Waals surface area (Å²) in [7, 11) is 5.38. The first kappa shape index (κ1) is 18.7. The van der Waals surface area contributed by atoms with E-state index in [2.05, 4.69) is 0 Å². The lowest BCUT2D eigenvalue weighted by Gasteiger charge is -2.12. The van der Waals surface area contributed by atoms with E-state index in [0.717, 1.165) is 6.54 Å². The largest absolute Gasteiger partial charge is 0.497 e. The SMILES string of the molecule is COc1ccc(/C=C/C(=O)c2ccccc2OCCN(C)C)c(F)c1. The van der Waals surface area contributed by atoms with Gasteiger partial charge in [-0.1, -0.05) is 12.1 Å². The summed E-state index contributed by atoms with van der Waals surface area (Å²) in [5.41, 5.74) is 0.770. The summed E-state index contributed by atoms with van der Waals surface area (Å²) in [6.07, 6.45) is 2.80. The number of rotatable bonds is 8. The van der Waals surface area contributed by atoms with E-state index in [1.165, 1.54) is 25.3 Å². The first-order chi connectivity index (χ1) is 12.0. The van der Waals surface area contributed by atoms with Crippen LogP contribution in [-0.2, 0) is 0 Å². The Kier molecular flexibility index (Phi) is 6.71. The van der Waals surface area contributed by atoms with E-state index in [4.69, 9.17) is 9.47 Å². The number of carbonyl (C=O) groups is 1. The van der Waals surface area contributed by atoms with Gasteiger partial charge in [0.05, 0.1) is 12.7 Å². The summed E-state index contributed by atoms with van der Waals surface area (Å²) in [4.78, 5) is 14.4. The Bertz CT molecular complexity index is 756. The van der Waals surface area contributed by atoms with Crippen molar-refractivity contribution in [3.8, 4) is 11.5 Å². The molecular weight excluding hydrogens is 321 g/mol. The second-order valence-corrected chi connectivity index (χ2v) is 5.73. The molecule has 0 fully saturated rings. The lowest BCUT2D eigenvalue weighted by molar-refractivity contribution is 0.104. The van der Waals surface area contributed by atoms with Crippen LogP contribution in [0.4, 0.5) is 4.39 Å². The minimum Gasteiger partial charge on any atom is -0.497 e. The number of halogens is 1. The Morgan fingerprint density at radius 1 is 1.20 bits per heavy atom. The molecule has 0 aromatic heterocycles. The highest BCUT2D eigenvalue weighted by molar-refractivity contribution is 6.08. The number of carbonyl (C=O) groups excluding carboxylic acids is 1. The van der Waals surface area contributed by atoms with Crippen LogP contribution in [0, 0.1) is 5.82 Å². The lowest BCUT2D eigenvalue weighted by Crippen LogP contribution is -2.20. The maximum atomic E-state index is 13.9. The molecule has 0 spiro atoms. The van der Waals surface area contributed by atoms with Crippen LogP contribution in [0.15, 0.2) is 48.5 Å². The van der Waals surface area contributed by atoms with Crippen molar-refractivity contribution in [1.82, 2.24) is 4.90 Å². The number of para-hydroxylation sites is 1. The molecule has 0 aliphatic rings. The van der Waals surface area contributed by atoms with Gasteiger partial charge in [0.15, 0.2) is 5.78 Å². The van der Waals surface area contributed by atoms with Gasteiger partial charge in [0.25, 0.3) is 0 Å². The Morgan fingerprint density at radius 3 is 2.64 bits per heavy atom. The predicted molar refractivity (Wildman–Crippen MR) is 96.8 cm³/mol. The fourth-order valence-electron chi connectivity index (χ4n) is 2.16. The zero-order chi connectivity index (χ0) is 18.2. The fourth-order valence-corrected chi connectivity index (χ4v) is 2.16. The van der Waals surface area contributed by atoms with Gasteiger partial charge in [0.2, 0.25) is 0 Å². The van der Waals surface area contributed by atoms with Crippen molar-refractivity contribution in [2.24, 2.45) is 0 Å². The first-order valence-electron chi connectivity index (χ1n) is 7.94. The predicted octanol–water partition coefficient (Wildman–Crippen LogP) is 3.67. The molecule has 0 bridgehead atoms. The maximum Gasteiger partial charge on any atom is 0.189 e. The molecule has 2 aromatic rings. The standard InChI is InChI=1S/C20H22FNO3/c1-22(2)12-13-25-20-7-5-4-6-17(20)19(23)11-9-15-8-10-16(24-3)14-18(15)21/h4-11,14H,12-13H2,1-3H3/b11-9+. The van der Waals surface area contributed by atoms with Gasteiger partial charge < -0.3 is 14.4 Å². The van der Waals surface area contributed by atoms with E-state index >= 15 is 0 Å². The average molecular weight is 343 g/mol. The zero-order valence-electron chi connectivity index (χ0n) is 14.7. The van der Waals surface area contributed by atoms with Crippen LogP contribution in [-0.4, -0.2) is 45.0 Å². The highest BCUT2D eigenvalue weighted by Crippen LogP contribution is 2.21. The third-order valence-corrected chi connectivity index (χ3v) is 3.57. The Labute approximate surface area is 147 Å². The smallest absolute Gasteiger partial charge is 0.189 e. The molecule has 0 aliphatic heterocycles. The average Bonchev–Trinajstić information content (AvgIpc) is 2.60. The minimum atomic E-state index is -0.445. The van der Waals surface area contributed by atoms with Crippen LogP contribution < -0.4 is 9.47 Å². The fraction of sp³-hybridized carbons (Fsp3) is 0.250. The number of benzene rings is 2. The van der Waals surface area contributed by atoms with E-state index in [0.29, 0.717) is 29.2 Å². The Hall–Kier alpha value is -2.66. The molecule has 0 amide bonds. The van der Waals surface area contributed by atoms with E-state index in [-0.39, 0.29) is 5.78 Å². The molecule has 0 unspecified atom stereocenters. The summed E-state index contributed by atoms with van der Waals surface area (Å²) in [6, 6.07) is 11.5. The Balaban J connectivity index is 2.12. The van der Waals surface area contributed by atoms with Gasteiger partial charge in [-0.15, -0.1) is 0 Å². The van der Waals surface area contributed by atoms with Gasteiger partial charge in [-0.25, -0.2) is 4.39 Å². The van der Waals surface area contributed by atoms with Crippen LogP contribution in [0.25, 0.3) is 6.08 Å². The maximum absolute atomic E-state index is 13.9. The van der Waals surface area contributed by atoms with E-state index in [9.17, 15) is 9.18 Å². The summed E-state index contributed by atoms with van der Waals surface area (Å²) < 4.78 is 24.6. The number of ketones is 1. The van der Waals surface area contributed by atoms with Crippen molar-refractivity contribution in [2.45, 2.75) is 0 Å². The van der Waals surface area contributed by atoms with E-state index < -0.39 is 5.82 Å². The molecule has 0 aliphatic carbocycles. The molecule has 0 radical (unpaired) electrons. The highest BCUT2D eigenvalue weighted by Gasteiger charge is 2.10. The number of likely N-dealkylation sites (N-methyl/N-ethyl adjacent to an activating group) is 1. The van der Waals surface area contributed by atoms with Gasteiger partial charge in [0, 0.05) is 18.2 Å². The zero-order valence-corrected chi connectivity index (χ0v) is 14.7. The van der Waals surface area contributed by atoms with Crippen LogP contribution in [0.5, 0.6) is 11.5 Å². The topological polar surface area (TPSA) is 38.8 Å². The van der Waals surface area contributed by atoms with Crippen molar-refractivity contribution in [3.05, 3.63) is 65.5 Å². The van der Waals surface area contributed by atoms with Gasteiger partial charge in [-0.2, -0.15) is 0 Å². The quantitative estimate of drug-likeness (QED) is 0.541. The van der Waals surface area contributed by atoms with Gasteiger partial charge in [0.1, 0.15) is 23.9 Å². The van der Waals surface area contributed by atoms with Crippen molar-refractivity contribution in [2.75, 3.05) is 34.4 Å². The molecule has 25 heavy (non-hydrogen) atoms. The summed E-state index contributed by atoms with van der Waals surface area (Å²) in [5, 5.41) is 0. The molecule has 2 aromatic carbocycles. The van der Waals surface area contributed by atoms with Crippen molar-refractivity contribution in [3.63, 3.8) is 0 Å². The Morgan fingerprint density at radius 2 is 1.96 bits per heavy atom. The van der Waals surface area contributed by atoms with Crippen LogP contribution in [0.2, 0.25) is 0 Å². The number of methoxy groups -OCH3 is 1. The first-order valence-corrected chi connectivity index (χ1v) is 7.94. The number of allylic oxidation sites excluding steroid dienone is 1. The van der Waals surface area contributed by atoms with E-state index in [1.54, 1.807) is 30.3 Å². The third-order valence-electron chi connectivity index (χ3n) is 3.57. The molecule has 4 nitrogen and oxygen atoms in total. The molecule has 0 heterocycles. The van der Waals surface area contributed by atoms with Gasteiger partial charge in [-0.3, -0.25) is 4.79 Å².